The van der Waals surface area contributed by atoms with E-state index in [2.05, 4.69) is 47.0 Å². The van der Waals surface area contributed by atoms with Crippen molar-refractivity contribution in [1.82, 2.24) is 10.6 Å². The molecule has 2 atom stereocenters. The van der Waals surface area contributed by atoms with Crippen LogP contribution in [0.3, 0.4) is 0 Å². The molecule has 2 N–H and O–H groups in total. The highest BCUT2D eigenvalue weighted by molar-refractivity contribution is 5.82. The first-order chi connectivity index (χ1) is 11.7. The van der Waals surface area contributed by atoms with Gasteiger partial charge in [0.1, 0.15) is 6.04 Å². The third-order valence-electron chi connectivity index (χ3n) is 4.35. The average molecular weight is 324 g/mol. The Morgan fingerprint density at radius 3 is 2.75 bits per heavy atom. The van der Waals surface area contributed by atoms with Gasteiger partial charge in [0.05, 0.1) is 12.7 Å². The maximum Gasteiger partial charge on any atom is 0.239 e. The van der Waals surface area contributed by atoms with Gasteiger partial charge in [0.2, 0.25) is 5.91 Å². The number of ether oxygens (including phenoxy) is 1. The zero-order valence-corrected chi connectivity index (χ0v) is 14.0. The van der Waals surface area contributed by atoms with Gasteiger partial charge in [-0.15, -0.1) is 0 Å². The van der Waals surface area contributed by atoms with Crippen LogP contribution in [0.4, 0.5) is 0 Å². The van der Waals surface area contributed by atoms with Crippen molar-refractivity contribution in [3.8, 4) is 11.1 Å². The van der Waals surface area contributed by atoms with Crippen LogP contribution in [0.2, 0.25) is 0 Å². The van der Waals surface area contributed by atoms with Gasteiger partial charge in [0, 0.05) is 13.1 Å². The molecule has 0 spiro atoms. The van der Waals surface area contributed by atoms with Crippen molar-refractivity contribution < 1.29 is 9.53 Å². The first-order valence-electron chi connectivity index (χ1n) is 8.51. The molecule has 0 aliphatic carbocycles. The fraction of sp³-hybridized carbons (Fsp3) is 0.350. The van der Waals surface area contributed by atoms with Crippen LogP contribution >= 0.6 is 0 Å². The predicted octanol–water partition coefficient (Wildman–Crippen LogP) is 2.39. The van der Waals surface area contributed by atoms with Gasteiger partial charge in [-0.25, -0.2) is 0 Å². The summed E-state index contributed by atoms with van der Waals surface area (Å²) in [7, 11) is 0. The molecule has 1 aliphatic rings. The zero-order chi connectivity index (χ0) is 16.8. The molecule has 1 saturated heterocycles. The van der Waals surface area contributed by atoms with E-state index in [4.69, 9.17) is 4.74 Å². The second-order valence-electron chi connectivity index (χ2n) is 6.12. The number of hydrogen-bond acceptors (Lipinski definition) is 3. The van der Waals surface area contributed by atoms with Crippen LogP contribution in [-0.2, 0) is 16.0 Å². The highest BCUT2D eigenvalue weighted by Gasteiger charge is 2.27. The monoisotopic (exact) mass is 324 g/mol. The smallest absolute Gasteiger partial charge is 0.239 e. The van der Waals surface area contributed by atoms with Crippen LogP contribution < -0.4 is 10.6 Å². The molecule has 24 heavy (non-hydrogen) atoms. The van der Waals surface area contributed by atoms with Crippen LogP contribution in [0.5, 0.6) is 0 Å². The summed E-state index contributed by atoms with van der Waals surface area (Å²) in [6.07, 6.45) is 0.731. The summed E-state index contributed by atoms with van der Waals surface area (Å²) in [5.74, 6) is 0.0152. The van der Waals surface area contributed by atoms with Crippen LogP contribution in [-0.4, -0.2) is 37.7 Å². The summed E-state index contributed by atoms with van der Waals surface area (Å²) < 4.78 is 5.52. The van der Waals surface area contributed by atoms with Gasteiger partial charge in [-0.1, -0.05) is 54.6 Å². The van der Waals surface area contributed by atoms with Gasteiger partial charge in [-0.2, -0.15) is 0 Å². The van der Waals surface area contributed by atoms with Crippen molar-refractivity contribution in [2.75, 3.05) is 19.7 Å². The molecule has 4 nitrogen and oxygen atoms in total. The molecule has 4 heteroatoms. The molecular formula is C20H24N2O2. The molecule has 3 rings (SSSR count). The fourth-order valence-electron chi connectivity index (χ4n) is 3.00. The third kappa shape index (κ3) is 4.22. The van der Waals surface area contributed by atoms with Crippen molar-refractivity contribution >= 4 is 5.91 Å². The summed E-state index contributed by atoms with van der Waals surface area (Å²) in [5.41, 5.74) is 3.63. The molecule has 126 valence electrons. The first-order valence-corrected chi connectivity index (χ1v) is 8.51. The molecule has 0 radical (unpaired) electrons. The SMILES string of the molecule is C[C@H]1OCCN[C@@H]1C(=O)NCCc1cccc(-c2ccccc2)c1. The van der Waals surface area contributed by atoms with Gasteiger partial charge in [0.15, 0.2) is 0 Å². The molecule has 0 aromatic heterocycles. The number of carbonyl (C=O) groups is 1. The van der Waals surface area contributed by atoms with Crippen LogP contribution in [0.1, 0.15) is 12.5 Å². The maximum absolute atomic E-state index is 12.2. The summed E-state index contributed by atoms with van der Waals surface area (Å²) >= 11 is 0. The van der Waals surface area contributed by atoms with Crippen LogP contribution in [0.15, 0.2) is 54.6 Å². The van der Waals surface area contributed by atoms with E-state index < -0.39 is 0 Å². The van der Waals surface area contributed by atoms with Crippen molar-refractivity contribution in [1.29, 1.82) is 0 Å². The van der Waals surface area contributed by atoms with Crippen LogP contribution in [0.25, 0.3) is 11.1 Å². The minimum atomic E-state index is -0.255. The molecule has 0 unspecified atom stereocenters. The topological polar surface area (TPSA) is 50.4 Å². The van der Waals surface area contributed by atoms with Gasteiger partial charge in [0.25, 0.3) is 0 Å². The lowest BCUT2D eigenvalue weighted by Crippen LogP contribution is -2.55. The lowest BCUT2D eigenvalue weighted by molar-refractivity contribution is -0.128. The second kappa shape index (κ2) is 8.08. The van der Waals surface area contributed by atoms with Crippen molar-refractivity contribution in [2.24, 2.45) is 0 Å². The van der Waals surface area contributed by atoms with Crippen molar-refractivity contribution in [3.63, 3.8) is 0 Å². The van der Waals surface area contributed by atoms with E-state index in [1.165, 1.54) is 16.7 Å². The van der Waals surface area contributed by atoms with E-state index in [9.17, 15) is 4.79 Å². The number of hydrogen-bond donors (Lipinski definition) is 2. The maximum atomic E-state index is 12.2. The van der Waals surface area contributed by atoms with E-state index in [1.807, 2.05) is 25.1 Å². The Balaban J connectivity index is 1.54. The van der Waals surface area contributed by atoms with Gasteiger partial charge in [-0.3, -0.25) is 4.79 Å². The Kier molecular flexibility index (Phi) is 5.62. The number of morpholine rings is 1. The number of amides is 1. The molecule has 1 heterocycles. The van der Waals surface area contributed by atoms with Gasteiger partial charge < -0.3 is 15.4 Å². The number of rotatable bonds is 5. The van der Waals surface area contributed by atoms with E-state index in [-0.39, 0.29) is 18.1 Å². The summed E-state index contributed by atoms with van der Waals surface area (Å²) in [6.45, 7) is 3.94. The standard InChI is InChI=1S/C20H24N2O2/c1-15-19(21-12-13-24-15)20(23)22-11-10-16-6-5-9-18(14-16)17-7-3-2-4-8-17/h2-9,14-15,19,21H,10-13H2,1H3,(H,22,23)/t15-,19+/m1/s1. The van der Waals surface area contributed by atoms with Gasteiger partial charge in [-0.05, 0) is 30.0 Å². The van der Waals surface area contributed by atoms with Gasteiger partial charge >= 0.3 is 0 Å². The predicted molar refractivity (Wildman–Crippen MR) is 95.8 cm³/mol. The molecule has 0 saturated carbocycles. The Morgan fingerprint density at radius 2 is 1.96 bits per heavy atom. The molecule has 1 fully saturated rings. The lowest BCUT2D eigenvalue weighted by Gasteiger charge is -2.29. The van der Waals surface area contributed by atoms with E-state index in [0.717, 1.165) is 13.0 Å². The minimum Gasteiger partial charge on any atom is -0.375 e. The van der Waals surface area contributed by atoms with E-state index in [1.54, 1.807) is 0 Å². The second-order valence-corrected chi connectivity index (χ2v) is 6.12. The quantitative estimate of drug-likeness (QED) is 0.888. The Morgan fingerprint density at radius 1 is 1.17 bits per heavy atom. The lowest BCUT2D eigenvalue weighted by atomic mass is 10.0. The Labute approximate surface area is 143 Å². The molecule has 1 aliphatic heterocycles. The summed E-state index contributed by atoms with van der Waals surface area (Å²) in [4.78, 5) is 12.2. The molecule has 2 aromatic carbocycles. The zero-order valence-electron chi connectivity index (χ0n) is 14.0. The summed E-state index contributed by atoms with van der Waals surface area (Å²) in [5, 5.41) is 6.22. The minimum absolute atomic E-state index is 0.0152. The number of carbonyl (C=O) groups excluding carboxylic acids is 1. The molecule has 1 amide bonds. The van der Waals surface area contributed by atoms with Crippen molar-refractivity contribution in [2.45, 2.75) is 25.5 Å². The Bertz CT molecular complexity index is 672. The van der Waals surface area contributed by atoms with E-state index >= 15 is 0 Å². The fourth-order valence-corrected chi connectivity index (χ4v) is 3.00. The largest absolute Gasteiger partial charge is 0.375 e. The average Bonchev–Trinajstić information content (AvgIpc) is 2.63. The van der Waals surface area contributed by atoms with Crippen molar-refractivity contribution in [3.05, 3.63) is 60.2 Å². The third-order valence-corrected chi connectivity index (χ3v) is 4.35. The van der Waals surface area contributed by atoms with E-state index in [0.29, 0.717) is 13.2 Å². The molecular weight excluding hydrogens is 300 g/mol. The number of benzene rings is 2. The Hall–Kier alpha value is -2.17. The molecule has 2 aromatic rings. The highest BCUT2D eigenvalue weighted by Crippen LogP contribution is 2.20. The number of nitrogens with one attached hydrogen (secondary N) is 2. The highest BCUT2D eigenvalue weighted by atomic mass is 16.5. The first kappa shape index (κ1) is 16.7. The van der Waals surface area contributed by atoms with Crippen LogP contribution in [0, 0.1) is 0 Å². The summed E-state index contributed by atoms with van der Waals surface area (Å²) in [6, 6.07) is 18.5. The normalized spacial score (nSPS) is 20.5. The molecule has 0 bridgehead atoms.